The van der Waals surface area contributed by atoms with Crippen molar-refractivity contribution in [3.63, 3.8) is 0 Å². The highest BCUT2D eigenvalue weighted by Crippen LogP contribution is 2.29. The van der Waals surface area contributed by atoms with Gasteiger partial charge in [0.2, 0.25) is 0 Å². The van der Waals surface area contributed by atoms with Crippen LogP contribution in [0.1, 0.15) is 21.6 Å². The summed E-state index contributed by atoms with van der Waals surface area (Å²) in [6.07, 6.45) is 1.60. The Labute approximate surface area is 165 Å². The fraction of sp³-hybridized carbons (Fsp3) is 0.158. The number of carbonyl (C=O) groups excluding carboxylic acids is 1. The summed E-state index contributed by atoms with van der Waals surface area (Å²) in [5, 5.41) is 17.8. The summed E-state index contributed by atoms with van der Waals surface area (Å²) in [5.41, 5.74) is 2.74. The molecule has 3 aromatic rings. The number of benzene rings is 2. The van der Waals surface area contributed by atoms with E-state index in [2.05, 4.69) is 10.4 Å². The zero-order valence-corrected chi connectivity index (χ0v) is 15.9. The molecule has 1 amide bonds. The zero-order valence-electron chi connectivity index (χ0n) is 15.2. The molecule has 0 fully saturated rings. The molecule has 0 aliphatic carbocycles. The molecule has 1 N–H and O–H groups in total. The zero-order chi connectivity index (χ0) is 20.3. The average molecular weight is 401 g/mol. The van der Waals surface area contributed by atoms with E-state index in [1.807, 2.05) is 6.92 Å². The van der Waals surface area contributed by atoms with E-state index in [4.69, 9.17) is 16.3 Å². The first-order valence-electron chi connectivity index (χ1n) is 8.31. The third-order valence-electron chi connectivity index (χ3n) is 4.22. The van der Waals surface area contributed by atoms with Crippen LogP contribution in [-0.4, -0.2) is 20.6 Å². The maximum atomic E-state index is 12.3. The Morgan fingerprint density at radius 1 is 1.29 bits per heavy atom. The predicted octanol–water partition coefficient (Wildman–Crippen LogP) is 4.12. The highest BCUT2D eigenvalue weighted by Gasteiger charge is 2.12. The molecule has 0 radical (unpaired) electrons. The summed E-state index contributed by atoms with van der Waals surface area (Å²) in [7, 11) is 1.80. The number of nitrogens with zero attached hydrogens (tertiary/aromatic N) is 3. The number of nitro benzene ring substituents is 1. The minimum absolute atomic E-state index is 0.100. The number of non-ortho nitro benzene ring substituents is 1. The van der Waals surface area contributed by atoms with Crippen molar-refractivity contribution >= 4 is 28.9 Å². The summed E-state index contributed by atoms with van der Waals surface area (Å²) in [5.74, 6) is 0.114. The Bertz CT molecular complexity index is 1030. The fourth-order valence-corrected chi connectivity index (χ4v) is 2.68. The average Bonchev–Trinajstić information content (AvgIpc) is 2.99. The van der Waals surface area contributed by atoms with Crippen molar-refractivity contribution in [1.29, 1.82) is 0 Å². The van der Waals surface area contributed by atoms with Crippen molar-refractivity contribution in [3.05, 3.63) is 80.6 Å². The van der Waals surface area contributed by atoms with Gasteiger partial charge in [-0.25, -0.2) is 0 Å². The van der Waals surface area contributed by atoms with Crippen LogP contribution in [0.3, 0.4) is 0 Å². The van der Waals surface area contributed by atoms with Crippen molar-refractivity contribution in [1.82, 2.24) is 9.78 Å². The van der Waals surface area contributed by atoms with Gasteiger partial charge >= 0.3 is 0 Å². The maximum absolute atomic E-state index is 12.3. The number of ether oxygens (including phenoxy) is 1. The second-order valence-corrected chi connectivity index (χ2v) is 6.49. The molecule has 2 aromatic carbocycles. The van der Waals surface area contributed by atoms with E-state index in [0.29, 0.717) is 17.0 Å². The van der Waals surface area contributed by atoms with Gasteiger partial charge in [-0.3, -0.25) is 19.6 Å². The lowest BCUT2D eigenvalue weighted by Crippen LogP contribution is -2.12. The number of nitrogens with one attached hydrogen (secondary N) is 1. The topological polar surface area (TPSA) is 99.3 Å². The van der Waals surface area contributed by atoms with Crippen LogP contribution in [0.25, 0.3) is 0 Å². The largest absolute Gasteiger partial charge is 0.487 e. The molecule has 0 atom stereocenters. The van der Waals surface area contributed by atoms with Gasteiger partial charge < -0.3 is 10.1 Å². The molecule has 144 valence electrons. The number of aryl methyl sites for hydroxylation is 1. The molecule has 0 bridgehead atoms. The highest BCUT2D eigenvalue weighted by molar-refractivity contribution is 6.32. The van der Waals surface area contributed by atoms with Crippen LogP contribution in [-0.2, 0) is 13.7 Å². The van der Waals surface area contributed by atoms with E-state index >= 15 is 0 Å². The first-order valence-corrected chi connectivity index (χ1v) is 8.68. The number of aromatic nitrogens is 2. The molecule has 0 saturated heterocycles. The van der Waals surface area contributed by atoms with Crippen LogP contribution < -0.4 is 10.1 Å². The first kappa shape index (κ1) is 19.4. The number of rotatable bonds is 6. The van der Waals surface area contributed by atoms with Gasteiger partial charge in [-0.15, -0.1) is 0 Å². The van der Waals surface area contributed by atoms with E-state index in [1.165, 1.54) is 18.2 Å². The van der Waals surface area contributed by atoms with Crippen molar-refractivity contribution < 1.29 is 14.5 Å². The van der Waals surface area contributed by atoms with Gasteiger partial charge in [0, 0.05) is 24.7 Å². The molecule has 0 aliphatic rings. The highest BCUT2D eigenvalue weighted by atomic mass is 35.5. The molecule has 0 unspecified atom stereocenters. The Morgan fingerprint density at radius 2 is 2.00 bits per heavy atom. The lowest BCUT2D eigenvalue weighted by atomic mass is 10.1. The van der Waals surface area contributed by atoms with E-state index < -0.39 is 4.92 Å². The standard InChI is InChI=1S/C19H17ClN4O4/c1-12-17(10-21-23(12)2)22-19(25)14-5-3-13(4-6-14)11-28-18-8-7-15(24(26)27)9-16(18)20/h3-10H,11H2,1-2H3,(H,22,25). The van der Waals surface area contributed by atoms with E-state index in [9.17, 15) is 14.9 Å². The van der Waals surface area contributed by atoms with Gasteiger partial charge in [-0.05, 0) is 30.7 Å². The number of amides is 1. The number of halogens is 1. The molecule has 28 heavy (non-hydrogen) atoms. The number of carbonyl (C=O) groups is 1. The normalized spacial score (nSPS) is 10.5. The molecular formula is C19H17ClN4O4. The molecule has 1 aromatic heterocycles. The van der Waals surface area contributed by atoms with Gasteiger partial charge in [0.1, 0.15) is 12.4 Å². The van der Waals surface area contributed by atoms with Crippen molar-refractivity contribution in [2.24, 2.45) is 7.05 Å². The summed E-state index contributed by atoms with van der Waals surface area (Å²) in [6, 6.07) is 10.9. The lowest BCUT2D eigenvalue weighted by molar-refractivity contribution is -0.384. The smallest absolute Gasteiger partial charge is 0.271 e. The van der Waals surface area contributed by atoms with Crippen molar-refractivity contribution in [2.75, 3.05) is 5.32 Å². The van der Waals surface area contributed by atoms with Crippen LogP contribution >= 0.6 is 11.6 Å². The molecule has 0 saturated carbocycles. The summed E-state index contributed by atoms with van der Waals surface area (Å²) < 4.78 is 7.29. The second-order valence-electron chi connectivity index (χ2n) is 6.08. The molecule has 1 heterocycles. The van der Waals surface area contributed by atoms with Gasteiger partial charge in [0.15, 0.2) is 0 Å². The Hall–Kier alpha value is -3.39. The Morgan fingerprint density at radius 3 is 2.57 bits per heavy atom. The maximum Gasteiger partial charge on any atom is 0.271 e. The number of hydrogen-bond donors (Lipinski definition) is 1. The number of nitro groups is 1. The molecule has 0 aliphatic heterocycles. The molecule has 8 nitrogen and oxygen atoms in total. The van der Waals surface area contributed by atoms with E-state index in [0.717, 1.165) is 11.3 Å². The van der Waals surface area contributed by atoms with Crippen molar-refractivity contribution in [3.8, 4) is 5.75 Å². The number of anilines is 1. The lowest BCUT2D eigenvalue weighted by Gasteiger charge is -2.09. The van der Waals surface area contributed by atoms with Gasteiger partial charge in [-0.1, -0.05) is 23.7 Å². The second kappa shape index (κ2) is 8.10. The van der Waals surface area contributed by atoms with Crippen LogP contribution in [0.5, 0.6) is 5.75 Å². The number of hydrogen-bond acceptors (Lipinski definition) is 5. The third kappa shape index (κ3) is 4.29. The Kier molecular flexibility index (Phi) is 5.60. The fourth-order valence-electron chi connectivity index (χ4n) is 2.45. The minimum Gasteiger partial charge on any atom is -0.487 e. The molecule has 3 rings (SSSR count). The van der Waals surface area contributed by atoms with Crippen LogP contribution in [0.15, 0.2) is 48.7 Å². The molecule has 0 spiro atoms. The first-order chi connectivity index (χ1) is 13.3. The third-order valence-corrected chi connectivity index (χ3v) is 4.52. The quantitative estimate of drug-likeness (QED) is 0.495. The Balaban J connectivity index is 1.62. The van der Waals surface area contributed by atoms with Crippen LogP contribution in [0, 0.1) is 17.0 Å². The minimum atomic E-state index is -0.521. The monoisotopic (exact) mass is 400 g/mol. The molecule has 9 heteroatoms. The van der Waals surface area contributed by atoms with Crippen molar-refractivity contribution in [2.45, 2.75) is 13.5 Å². The van der Waals surface area contributed by atoms with Gasteiger partial charge in [-0.2, -0.15) is 5.10 Å². The predicted molar refractivity (Wildman–Crippen MR) is 105 cm³/mol. The van der Waals surface area contributed by atoms with Gasteiger partial charge in [0.05, 0.1) is 27.5 Å². The van der Waals surface area contributed by atoms with E-state index in [1.54, 1.807) is 42.2 Å². The SMILES string of the molecule is Cc1c(NC(=O)c2ccc(COc3ccc([N+](=O)[O-])cc3Cl)cc2)cnn1C. The van der Waals surface area contributed by atoms with Crippen LogP contribution in [0.2, 0.25) is 5.02 Å². The van der Waals surface area contributed by atoms with E-state index in [-0.39, 0.29) is 23.2 Å². The summed E-state index contributed by atoms with van der Waals surface area (Å²) in [6.45, 7) is 2.08. The summed E-state index contributed by atoms with van der Waals surface area (Å²) in [4.78, 5) is 22.6. The summed E-state index contributed by atoms with van der Waals surface area (Å²) >= 11 is 6.01. The molecular weight excluding hydrogens is 384 g/mol. The van der Waals surface area contributed by atoms with Gasteiger partial charge in [0.25, 0.3) is 11.6 Å². The van der Waals surface area contributed by atoms with Crippen LogP contribution in [0.4, 0.5) is 11.4 Å².